The highest BCUT2D eigenvalue weighted by atomic mass is 35.5. The summed E-state index contributed by atoms with van der Waals surface area (Å²) in [6.45, 7) is 3.52. The lowest BCUT2D eigenvalue weighted by molar-refractivity contribution is 0.273. The fraction of sp³-hybridized carbons (Fsp3) is 0.538. The number of hydrogen-bond donors (Lipinski definition) is 0. The van der Waals surface area contributed by atoms with Gasteiger partial charge >= 0.3 is 0 Å². The van der Waals surface area contributed by atoms with Gasteiger partial charge in [-0.2, -0.15) is 0 Å². The molecule has 0 spiro atoms. The van der Waals surface area contributed by atoms with E-state index in [-0.39, 0.29) is 0 Å². The Morgan fingerprint density at radius 2 is 2.06 bits per heavy atom. The van der Waals surface area contributed by atoms with Crippen LogP contribution in [-0.4, -0.2) is 24.5 Å². The molecule has 2 unspecified atom stereocenters. The number of nitrogens with zero attached hydrogens (tertiary/aromatic N) is 1. The van der Waals surface area contributed by atoms with E-state index in [4.69, 9.17) is 23.2 Å². The molecule has 0 bridgehead atoms. The van der Waals surface area contributed by atoms with Crippen LogP contribution in [-0.2, 0) is 5.41 Å². The van der Waals surface area contributed by atoms with Crippen LogP contribution in [0.5, 0.6) is 0 Å². The average molecular weight is 256 g/mol. The first-order valence-electron chi connectivity index (χ1n) is 5.71. The zero-order valence-electron chi connectivity index (χ0n) is 9.50. The van der Waals surface area contributed by atoms with Gasteiger partial charge in [-0.1, -0.05) is 29.3 Å². The summed E-state index contributed by atoms with van der Waals surface area (Å²) in [5.41, 5.74) is 1.71. The van der Waals surface area contributed by atoms with E-state index in [2.05, 4.69) is 31.0 Å². The molecule has 3 atom stereocenters. The number of hydrogen-bond acceptors (Lipinski definition) is 1. The Labute approximate surface area is 106 Å². The van der Waals surface area contributed by atoms with Crippen LogP contribution in [0.2, 0.25) is 10.0 Å². The fourth-order valence-electron chi connectivity index (χ4n) is 3.37. The van der Waals surface area contributed by atoms with E-state index in [0.29, 0.717) is 21.5 Å². The average Bonchev–Trinajstić information content (AvgIpc) is 2.90. The topological polar surface area (TPSA) is 3.24 Å². The summed E-state index contributed by atoms with van der Waals surface area (Å²) in [5.74, 6) is 0.810. The summed E-state index contributed by atoms with van der Waals surface area (Å²) in [7, 11) is 2.20. The van der Waals surface area contributed by atoms with Crippen LogP contribution < -0.4 is 0 Å². The number of benzene rings is 1. The molecular weight excluding hydrogens is 241 g/mol. The molecule has 1 nitrogen and oxygen atoms in total. The molecule has 0 N–H and O–H groups in total. The van der Waals surface area contributed by atoms with Crippen molar-refractivity contribution in [3.05, 3.63) is 33.8 Å². The molecule has 86 valence electrons. The summed E-state index contributed by atoms with van der Waals surface area (Å²) in [4.78, 5) is 2.44. The number of rotatable bonds is 1. The third kappa shape index (κ3) is 1.28. The van der Waals surface area contributed by atoms with Crippen molar-refractivity contribution in [1.82, 2.24) is 4.90 Å². The second kappa shape index (κ2) is 3.38. The van der Waals surface area contributed by atoms with Crippen molar-refractivity contribution < 1.29 is 0 Å². The van der Waals surface area contributed by atoms with E-state index in [9.17, 15) is 0 Å². The maximum Gasteiger partial charge on any atom is 0.0595 e. The molecule has 1 saturated heterocycles. The number of halogens is 2. The number of fused-ring (bicyclic) bond motifs is 1. The Morgan fingerprint density at radius 3 is 2.62 bits per heavy atom. The monoisotopic (exact) mass is 255 g/mol. The van der Waals surface area contributed by atoms with Crippen LogP contribution in [0.3, 0.4) is 0 Å². The molecule has 1 aliphatic carbocycles. The molecule has 16 heavy (non-hydrogen) atoms. The van der Waals surface area contributed by atoms with E-state index >= 15 is 0 Å². The number of piperidine rings is 1. The molecule has 3 heteroatoms. The lowest BCUT2D eigenvalue weighted by Crippen LogP contribution is -2.33. The summed E-state index contributed by atoms with van der Waals surface area (Å²) in [6.07, 6.45) is 1.30. The van der Waals surface area contributed by atoms with Crippen LogP contribution in [0.25, 0.3) is 0 Å². The maximum absolute atomic E-state index is 6.11. The smallest absolute Gasteiger partial charge is 0.0595 e. The largest absolute Gasteiger partial charge is 0.302 e. The van der Waals surface area contributed by atoms with Crippen molar-refractivity contribution in [2.24, 2.45) is 5.92 Å². The molecule has 1 aromatic rings. The van der Waals surface area contributed by atoms with Crippen LogP contribution >= 0.6 is 23.2 Å². The van der Waals surface area contributed by atoms with E-state index < -0.39 is 0 Å². The summed E-state index contributed by atoms with van der Waals surface area (Å²) >= 11 is 12.1. The second-order valence-electron chi connectivity index (χ2n) is 5.19. The maximum atomic E-state index is 6.11. The van der Waals surface area contributed by atoms with Gasteiger partial charge in [0.15, 0.2) is 0 Å². The predicted octanol–water partition coefficient (Wildman–Crippen LogP) is 3.59. The molecule has 0 radical (unpaired) electrons. The summed E-state index contributed by atoms with van der Waals surface area (Å²) in [6, 6.07) is 6.73. The van der Waals surface area contributed by atoms with Crippen molar-refractivity contribution in [2.75, 3.05) is 13.6 Å². The first-order valence-corrected chi connectivity index (χ1v) is 6.47. The molecule has 1 aromatic carbocycles. The Kier molecular flexibility index (Phi) is 2.30. The SMILES string of the molecule is C[C@@H]1N(C)CC2CC21c1ccc(Cl)c(Cl)c1. The van der Waals surface area contributed by atoms with Gasteiger partial charge < -0.3 is 4.90 Å². The number of likely N-dealkylation sites (N-methyl/N-ethyl adjacent to an activating group) is 1. The van der Waals surface area contributed by atoms with Gasteiger partial charge in [-0.3, -0.25) is 0 Å². The Balaban J connectivity index is 2.02. The molecule has 1 aliphatic heterocycles. The minimum absolute atomic E-state index is 0.350. The second-order valence-corrected chi connectivity index (χ2v) is 6.00. The fourth-order valence-corrected chi connectivity index (χ4v) is 3.67. The predicted molar refractivity (Wildman–Crippen MR) is 68.3 cm³/mol. The number of likely N-dealkylation sites (tertiary alicyclic amines) is 1. The van der Waals surface area contributed by atoms with Crippen LogP contribution in [0.15, 0.2) is 18.2 Å². The van der Waals surface area contributed by atoms with Gasteiger partial charge in [0, 0.05) is 18.0 Å². The molecule has 2 fully saturated rings. The zero-order chi connectivity index (χ0) is 11.5. The lowest BCUT2D eigenvalue weighted by atomic mass is 9.89. The highest BCUT2D eigenvalue weighted by Crippen LogP contribution is 2.62. The van der Waals surface area contributed by atoms with Crippen molar-refractivity contribution in [3.8, 4) is 0 Å². The Morgan fingerprint density at radius 1 is 1.31 bits per heavy atom. The summed E-state index contributed by atoms with van der Waals surface area (Å²) in [5, 5.41) is 1.33. The van der Waals surface area contributed by atoms with Crippen LogP contribution in [0, 0.1) is 5.92 Å². The highest BCUT2D eigenvalue weighted by Gasteiger charge is 2.64. The van der Waals surface area contributed by atoms with E-state index in [1.807, 2.05) is 6.07 Å². The van der Waals surface area contributed by atoms with Gasteiger partial charge in [0.1, 0.15) is 0 Å². The molecule has 1 heterocycles. The van der Waals surface area contributed by atoms with Crippen molar-refractivity contribution in [2.45, 2.75) is 24.8 Å². The van der Waals surface area contributed by atoms with Crippen molar-refractivity contribution in [1.29, 1.82) is 0 Å². The van der Waals surface area contributed by atoms with E-state index in [1.165, 1.54) is 18.5 Å². The Bertz CT molecular complexity index is 446. The highest BCUT2D eigenvalue weighted by molar-refractivity contribution is 6.42. The minimum atomic E-state index is 0.350. The lowest BCUT2D eigenvalue weighted by Gasteiger charge is -2.26. The van der Waals surface area contributed by atoms with E-state index in [0.717, 1.165) is 5.92 Å². The van der Waals surface area contributed by atoms with Crippen molar-refractivity contribution in [3.63, 3.8) is 0 Å². The molecule has 0 amide bonds. The van der Waals surface area contributed by atoms with Gasteiger partial charge in [0.05, 0.1) is 10.0 Å². The van der Waals surface area contributed by atoms with Gasteiger partial charge in [0.2, 0.25) is 0 Å². The van der Waals surface area contributed by atoms with Crippen LogP contribution in [0.4, 0.5) is 0 Å². The van der Waals surface area contributed by atoms with Crippen molar-refractivity contribution >= 4 is 23.2 Å². The minimum Gasteiger partial charge on any atom is -0.302 e. The molecule has 0 aromatic heterocycles. The first-order chi connectivity index (χ1) is 7.55. The molecule has 3 rings (SSSR count). The third-order valence-corrected chi connectivity index (χ3v) is 5.26. The van der Waals surface area contributed by atoms with E-state index in [1.54, 1.807) is 0 Å². The van der Waals surface area contributed by atoms with Gasteiger partial charge in [-0.05, 0) is 44.0 Å². The molecule has 2 aliphatic rings. The molecular formula is C13H15Cl2N. The third-order valence-electron chi connectivity index (χ3n) is 4.52. The van der Waals surface area contributed by atoms with Gasteiger partial charge in [-0.15, -0.1) is 0 Å². The molecule has 1 saturated carbocycles. The summed E-state index contributed by atoms with van der Waals surface area (Å²) < 4.78 is 0. The zero-order valence-corrected chi connectivity index (χ0v) is 11.0. The standard InChI is InChI=1S/C13H15Cl2N/c1-8-13(6-10(13)7-16(8)2)9-3-4-11(14)12(15)5-9/h3-5,8,10H,6-7H2,1-2H3/t8-,10?,13?/m0/s1. The first kappa shape index (κ1) is 10.9. The Hall–Kier alpha value is -0.240. The normalized spacial score (nSPS) is 37.5. The van der Waals surface area contributed by atoms with Gasteiger partial charge in [-0.25, -0.2) is 0 Å². The van der Waals surface area contributed by atoms with Gasteiger partial charge in [0.25, 0.3) is 0 Å². The quantitative estimate of drug-likeness (QED) is 0.742. The van der Waals surface area contributed by atoms with Crippen LogP contribution in [0.1, 0.15) is 18.9 Å².